The predicted octanol–water partition coefficient (Wildman–Crippen LogP) is 5.14. The number of hydrogen-bond donors (Lipinski definition) is 1. The van der Waals surface area contributed by atoms with Crippen molar-refractivity contribution in [3.8, 4) is 11.3 Å². The summed E-state index contributed by atoms with van der Waals surface area (Å²) in [5, 5.41) is 7.52. The van der Waals surface area contributed by atoms with Crippen molar-refractivity contribution in [2.75, 3.05) is 13.1 Å². The van der Waals surface area contributed by atoms with Crippen molar-refractivity contribution in [1.82, 2.24) is 10.5 Å². The van der Waals surface area contributed by atoms with Gasteiger partial charge < -0.3 is 14.6 Å². The van der Waals surface area contributed by atoms with Crippen molar-refractivity contribution in [2.24, 2.45) is 11.8 Å². The number of ether oxygens (including phenoxy) is 1. The lowest BCUT2D eigenvalue weighted by atomic mass is 9.80. The zero-order valence-electron chi connectivity index (χ0n) is 16.2. The molecule has 2 aromatic rings. The Morgan fingerprint density at radius 3 is 2.66 bits per heavy atom. The van der Waals surface area contributed by atoms with Gasteiger partial charge in [-0.05, 0) is 63.1 Å². The number of nitrogens with zero attached hydrogens (tertiary/aromatic N) is 1. The number of aromatic nitrogens is 1. The van der Waals surface area contributed by atoms with Crippen LogP contribution in [0.1, 0.15) is 54.9 Å². The highest BCUT2D eigenvalue weighted by Crippen LogP contribution is 2.46. The van der Waals surface area contributed by atoms with Gasteiger partial charge in [0.15, 0.2) is 0 Å². The molecule has 0 bridgehead atoms. The Bertz CT molecular complexity index is 875. The monoisotopic (exact) mass is 406 g/mol. The maximum Gasteiger partial charge on any atom is 0.417 e. The molecule has 2 aliphatic carbocycles. The summed E-state index contributed by atoms with van der Waals surface area (Å²) in [5.41, 5.74) is 0.347. The summed E-state index contributed by atoms with van der Waals surface area (Å²) in [4.78, 5) is 0. The average molecular weight is 406 g/mol. The number of fused-ring (bicyclic) bond motifs is 1. The first kappa shape index (κ1) is 19.1. The maximum atomic E-state index is 13.5. The first-order valence-corrected chi connectivity index (χ1v) is 10.5. The van der Waals surface area contributed by atoms with E-state index in [1.165, 1.54) is 12.1 Å². The molecule has 3 atom stereocenters. The van der Waals surface area contributed by atoms with E-state index < -0.39 is 11.7 Å². The third-order valence-corrected chi connectivity index (χ3v) is 6.62. The van der Waals surface area contributed by atoms with Gasteiger partial charge in [-0.2, -0.15) is 13.2 Å². The molecular weight excluding hydrogens is 381 g/mol. The number of rotatable bonds is 5. The Morgan fingerprint density at radius 2 is 1.86 bits per heavy atom. The molecule has 0 amide bonds. The van der Waals surface area contributed by atoms with Gasteiger partial charge in [-0.15, -0.1) is 0 Å². The van der Waals surface area contributed by atoms with Crippen molar-refractivity contribution in [2.45, 2.75) is 56.9 Å². The van der Waals surface area contributed by atoms with Crippen LogP contribution in [-0.4, -0.2) is 24.4 Å². The Kier molecular flexibility index (Phi) is 4.90. The van der Waals surface area contributed by atoms with Crippen LogP contribution in [0.3, 0.4) is 0 Å². The van der Waals surface area contributed by atoms with Crippen LogP contribution < -0.4 is 5.32 Å². The van der Waals surface area contributed by atoms with E-state index in [2.05, 4.69) is 10.5 Å². The van der Waals surface area contributed by atoms with Crippen LogP contribution in [0.2, 0.25) is 0 Å². The molecule has 0 unspecified atom stereocenters. The minimum absolute atomic E-state index is 0.0675. The first-order chi connectivity index (χ1) is 14.0. The summed E-state index contributed by atoms with van der Waals surface area (Å²) >= 11 is 0. The van der Waals surface area contributed by atoms with Gasteiger partial charge in [0.25, 0.3) is 0 Å². The van der Waals surface area contributed by atoms with Gasteiger partial charge in [0.1, 0.15) is 11.5 Å². The van der Waals surface area contributed by atoms with E-state index in [9.17, 15) is 13.2 Å². The van der Waals surface area contributed by atoms with Gasteiger partial charge in [-0.3, -0.25) is 0 Å². The lowest BCUT2D eigenvalue weighted by Gasteiger charge is -2.31. The van der Waals surface area contributed by atoms with E-state index in [1.807, 2.05) is 0 Å². The van der Waals surface area contributed by atoms with Gasteiger partial charge in [0.2, 0.25) is 0 Å². The van der Waals surface area contributed by atoms with Gasteiger partial charge in [0, 0.05) is 17.0 Å². The molecule has 0 radical (unpaired) electrons. The highest BCUT2D eigenvalue weighted by molar-refractivity contribution is 5.68. The second-order valence-corrected chi connectivity index (χ2v) is 8.62. The topological polar surface area (TPSA) is 47.3 Å². The van der Waals surface area contributed by atoms with E-state index in [-0.39, 0.29) is 29.9 Å². The molecule has 1 aromatic carbocycles. The fourth-order valence-corrected chi connectivity index (χ4v) is 4.89. The number of benzene rings is 1. The van der Waals surface area contributed by atoms with E-state index in [0.29, 0.717) is 17.2 Å². The number of nitrogens with one attached hydrogen (secondary N) is 1. The van der Waals surface area contributed by atoms with Gasteiger partial charge >= 0.3 is 6.18 Å². The molecule has 1 N–H and O–H groups in total. The standard InChI is InChI=1S/C22H25F3N2O2/c23-22(24,25)19-4-2-1-3-17(19)20-18(21(29-27-20)13-5-6-13)12-28-16-8-7-14-10-26-11-15(14)9-16/h1-4,13-16,26H,5-12H2/t14-,15+,16+/m0/s1. The van der Waals surface area contributed by atoms with E-state index >= 15 is 0 Å². The SMILES string of the molecule is FC(F)(F)c1ccccc1-c1noc(C2CC2)c1CO[C@@H]1CC[C@H]2CNC[C@H]2C1. The summed E-state index contributed by atoms with van der Waals surface area (Å²) in [5.74, 6) is 2.34. The van der Waals surface area contributed by atoms with E-state index in [1.54, 1.807) is 6.07 Å². The van der Waals surface area contributed by atoms with Crippen molar-refractivity contribution >= 4 is 0 Å². The number of hydrogen-bond acceptors (Lipinski definition) is 4. The Balaban J connectivity index is 1.41. The normalized spacial score (nSPS) is 27.2. The van der Waals surface area contributed by atoms with Crippen LogP contribution in [0, 0.1) is 11.8 Å². The highest BCUT2D eigenvalue weighted by Gasteiger charge is 2.38. The minimum Gasteiger partial charge on any atom is -0.373 e. The van der Waals surface area contributed by atoms with Crippen molar-refractivity contribution < 1.29 is 22.4 Å². The zero-order chi connectivity index (χ0) is 20.0. The lowest BCUT2D eigenvalue weighted by Crippen LogP contribution is -2.28. The molecule has 0 spiro atoms. The smallest absolute Gasteiger partial charge is 0.373 e. The summed E-state index contributed by atoms with van der Waals surface area (Å²) < 4.78 is 52.4. The predicted molar refractivity (Wildman–Crippen MR) is 101 cm³/mol. The van der Waals surface area contributed by atoms with Crippen LogP contribution in [0.5, 0.6) is 0 Å². The molecule has 156 valence electrons. The summed E-state index contributed by atoms with van der Waals surface area (Å²) in [6.45, 7) is 2.38. The molecule has 1 saturated heterocycles. The van der Waals surface area contributed by atoms with Crippen LogP contribution in [0.15, 0.2) is 28.8 Å². The van der Waals surface area contributed by atoms with E-state index in [4.69, 9.17) is 9.26 Å². The molecule has 7 heteroatoms. The maximum absolute atomic E-state index is 13.5. The third kappa shape index (κ3) is 3.82. The average Bonchev–Trinajstić information content (AvgIpc) is 3.29. The molecule has 3 aliphatic rings. The fraction of sp³-hybridized carbons (Fsp3) is 0.591. The van der Waals surface area contributed by atoms with Crippen molar-refractivity contribution in [1.29, 1.82) is 0 Å². The van der Waals surface area contributed by atoms with Crippen LogP contribution in [0.25, 0.3) is 11.3 Å². The second-order valence-electron chi connectivity index (χ2n) is 8.62. The summed E-state index contributed by atoms with van der Waals surface area (Å²) in [6.07, 6.45) is 0.830. The molecule has 1 aliphatic heterocycles. The van der Waals surface area contributed by atoms with Crippen molar-refractivity contribution in [3.63, 3.8) is 0 Å². The van der Waals surface area contributed by atoms with E-state index in [0.717, 1.165) is 57.2 Å². The molecular formula is C22H25F3N2O2. The minimum atomic E-state index is -4.44. The van der Waals surface area contributed by atoms with Gasteiger partial charge in [0.05, 0.1) is 18.3 Å². The number of halogens is 3. The Hall–Kier alpha value is -1.86. The molecule has 3 fully saturated rings. The molecule has 1 aromatic heterocycles. The Labute approximate surface area is 167 Å². The largest absolute Gasteiger partial charge is 0.417 e. The Morgan fingerprint density at radius 1 is 1.07 bits per heavy atom. The first-order valence-electron chi connectivity index (χ1n) is 10.5. The lowest BCUT2D eigenvalue weighted by molar-refractivity contribution is -0.137. The second kappa shape index (κ2) is 7.43. The molecule has 5 rings (SSSR count). The van der Waals surface area contributed by atoms with Crippen LogP contribution in [0.4, 0.5) is 13.2 Å². The molecule has 4 nitrogen and oxygen atoms in total. The quantitative estimate of drug-likeness (QED) is 0.747. The van der Waals surface area contributed by atoms with Crippen LogP contribution >= 0.6 is 0 Å². The molecule has 2 heterocycles. The summed E-state index contributed by atoms with van der Waals surface area (Å²) in [7, 11) is 0. The highest BCUT2D eigenvalue weighted by atomic mass is 19.4. The van der Waals surface area contributed by atoms with Gasteiger partial charge in [-0.25, -0.2) is 0 Å². The van der Waals surface area contributed by atoms with Crippen molar-refractivity contribution in [3.05, 3.63) is 41.2 Å². The number of alkyl halides is 3. The zero-order valence-corrected chi connectivity index (χ0v) is 16.2. The fourth-order valence-electron chi connectivity index (χ4n) is 4.89. The summed E-state index contributed by atoms with van der Waals surface area (Å²) in [6, 6.07) is 5.57. The molecule has 2 saturated carbocycles. The third-order valence-electron chi connectivity index (χ3n) is 6.62. The molecule has 29 heavy (non-hydrogen) atoms. The van der Waals surface area contributed by atoms with Crippen LogP contribution in [-0.2, 0) is 17.5 Å². The van der Waals surface area contributed by atoms with Gasteiger partial charge in [-0.1, -0.05) is 23.4 Å².